The molecule has 1 amide bonds. The van der Waals surface area contributed by atoms with Crippen LogP contribution in [-0.4, -0.2) is 47.5 Å². The second-order valence-electron chi connectivity index (χ2n) is 7.43. The van der Waals surface area contributed by atoms with Crippen LogP contribution in [0.1, 0.15) is 24.7 Å². The van der Waals surface area contributed by atoms with E-state index in [1.165, 1.54) is 24.3 Å². The number of piperidine rings is 1. The van der Waals surface area contributed by atoms with E-state index < -0.39 is 0 Å². The third-order valence-corrected chi connectivity index (χ3v) is 5.36. The van der Waals surface area contributed by atoms with E-state index in [-0.39, 0.29) is 31.0 Å². The van der Waals surface area contributed by atoms with Crippen LogP contribution < -0.4 is 14.2 Å². The summed E-state index contributed by atoms with van der Waals surface area (Å²) in [6.45, 7) is 1.22. The molecule has 0 aliphatic carbocycles. The van der Waals surface area contributed by atoms with Crippen LogP contribution >= 0.6 is 0 Å². The fourth-order valence-corrected chi connectivity index (χ4v) is 3.72. The maximum atomic E-state index is 13.0. The number of likely N-dealkylation sites (tertiary alicyclic amines) is 1. The molecule has 3 aromatic rings. The molecule has 2 aliphatic heterocycles. The molecule has 0 bridgehead atoms. The Kier molecular flexibility index (Phi) is 5.15. The highest BCUT2D eigenvalue weighted by molar-refractivity contribution is 5.78. The van der Waals surface area contributed by atoms with Gasteiger partial charge in [-0.05, 0) is 55.3 Å². The molecule has 0 N–H and O–H groups in total. The summed E-state index contributed by atoms with van der Waals surface area (Å²) in [5.41, 5.74) is 0.749. The Balaban J connectivity index is 1.22. The Bertz CT molecular complexity index is 1090. The topological polar surface area (TPSA) is 86.9 Å². The SMILES string of the molecule is O=C(COc1ccc(F)cc1)N1CCCC(c2nnc(-c3ccc4c(c3)OCO4)o2)C1. The van der Waals surface area contributed by atoms with E-state index in [0.717, 1.165) is 18.4 Å². The van der Waals surface area contributed by atoms with Gasteiger partial charge in [-0.25, -0.2) is 4.39 Å². The Morgan fingerprint density at radius 1 is 1.13 bits per heavy atom. The van der Waals surface area contributed by atoms with Crippen molar-refractivity contribution >= 4 is 5.91 Å². The number of hydrogen-bond donors (Lipinski definition) is 0. The molecule has 0 radical (unpaired) electrons. The quantitative estimate of drug-likeness (QED) is 0.619. The second-order valence-corrected chi connectivity index (χ2v) is 7.43. The molecule has 31 heavy (non-hydrogen) atoms. The van der Waals surface area contributed by atoms with Crippen molar-refractivity contribution in [1.29, 1.82) is 0 Å². The minimum atomic E-state index is -0.350. The number of rotatable bonds is 5. The molecule has 3 heterocycles. The molecule has 1 fully saturated rings. The smallest absolute Gasteiger partial charge is 0.260 e. The molecule has 8 nitrogen and oxygen atoms in total. The van der Waals surface area contributed by atoms with E-state index in [2.05, 4.69) is 10.2 Å². The van der Waals surface area contributed by atoms with Gasteiger partial charge >= 0.3 is 0 Å². The summed E-state index contributed by atoms with van der Waals surface area (Å²) >= 11 is 0. The Morgan fingerprint density at radius 2 is 1.97 bits per heavy atom. The number of ether oxygens (including phenoxy) is 3. The number of nitrogens with zero attached hydrogens (tertiary/aromatic N) is 3. The molecule has 2 aliphatic rings. The average Bonchev–Trinajstić information content (AvgIpc) is 3.48. The van der Waals surface area contributed by atoms with E-state index in [4.69, 9.17) is 18.6 Å². The summed E-state index contributed by atoms with van der Waals surface area (Å²) < 4.78 is 35.1. The summed E-state index contributed by atoms with van der Waals surface area (Å²) in [6.07, 6.45) is 1.68. The van der Waals surface area contributed by atoms with Gasteiger partial charge in [0.2, 0.25) is 18.6 Å². The summed E-state index contributed by atoms with van der Waals surface area (Å²) in [5, 5.41) is 8.38. The minimum Gasteiger partial charge on any atom is -0.484 e. The highest BCUT2D eigenvalue weighted by Gasteiger charge is 2.29. The number of carbonyl (C=O) groups excluding carboxylic acids is 1. The van der Waals surface area contributed by atoms with Gasteiger partial charge in [-0.15, -0.1) is 10.2 Å². The monoisotopic (exact) mass is 425 g/mol. The van der Waals surface area contributed by atoms with Crippen molar-refractivity contribution in [3.63, 3.8) is 0 Å². The zero-order valence-corrected chi connectivity index (χ0v) is 16.6. The lowest BCUT2D eigenvalue weighted by Gasteiger charge is -2.31. The Labute approximate surface area is 177 Å². The number of benzene rings is 2. The van der Waals surface area contributed by atoms with Gasteiger partial charge in [-0.1, -0.05) is 0 Å². The minimum absolute atomic E-state index is 0.0428. The van der Waals surface area contributed by atoms with Gasteiger partial charge < -0.3 is 23.5 Å². The summed E-state index contributed by atoms with van der Waals surface area (Å²) in [7, 11) is 0. The fourth-order valence-electron chi connectivity index (χ4n) is 3.72. The summed E-state index contributed by atoms with van der Waals surface area (Å²) in [6, 6.07) is 11.0. The highest BCUT2D eigenvalue weighted by atomic mass is 19.1. The molecule has 5 rings (SSSR count). The van der Waals surface area contributed by atoms with E-state index in [1.54, 1.807) is 4.90 Å². The zero-order chi connectivity index (χ0) is 21.2. The largest absolute Gasteiger partial charge is 0.484 e. The number of amides is 1. The first-order chi connectivity index (χ1) is 15.2. The highest BCUT2D eigenvalue weighted by Crippen LogP contribution is 2.36. The molecule has 1 atom stereocenters. The van der Waals surface area contributed by atoms with Crippen molar-refractivity contribution in [1.82, 2.24) is 15.1 Å². The van der Waals surface area contributed by atoms with Gasteiger partial charge in [-0.2, -0.15) is 0 Å². The zero-order valence-electron chi connectivity index (χ0n) is 16.6. The van der Waals surface area contributed by atoms with Crippen LogP contribution in [0.3, 0.4) is 0 Å². The lowest BCUT2D eigenvalue weighted by molar-refractivity contribution is -0.134. The number of hydrogen-bond acceptors (Lipinski definition) is 7. The second kappa shape index (κ2) is 8.25. The van der Waals surface area contributed by atoms with Crippen LogP contribution in [0.4, 0.5) is 4.39 Å². The van der Waals surface area contributed by atoms with Crippen molar-refractivity contribution in [3.8, 4) is 28.7 Å². The van der Waals surface area contributed by atoms with E-state index in [9.17, 15) is 9.18 Å². The molecule has 0 saturated carbocycles. The first-order valence-corrected chi connectivity index (χ1v) is 10.1. The first kappa shape index (κ1) is 19.3. The van der Waals surface area contributed by atoms with Crippen molar-refractivity contribution in [3.05, 3.63) is 54.2 Å². The van der Waals surface area contributed by atoms with Crippen LogP contribution in [0, 0.1) is 5.82 Å². The maximum Gasteiger partial charge on any atom is 0.260 e. The standard InChI is InChI=1S/C22H20FN3O5/c23-16-4-6-17(7-5-16)28-12-20(27)26-9-1-2-15(11-26)22-25-24-21(31-22)14-3-8-18-19(10-14)30-13-29-18/h3-8,10,15H,1-2,9,11-13H2. The molecule has 0 spiro atoms. The fraction of sp³-hybridized carbons (Fsp3) is 0.318. The van der Waals surface area contributed by atoms with Crippen molar-refractivity contribution in [2.24, 2.45) is 0 Å². The molecule has 9 heteroatoms. The average molecular weight is 425 g/mol. The summed E-state index contributed by atoms with van der Waals surface area (Å²) in [4.78, 5) is 14.3. The number of carbonyl (C=O) groups is 1. The molecular weight excluding hydrogens is 405 g/mol. The van der Waals surface area contributed by atoms with Crippen LogP contribution in [0.5, 0.6) is 17.2 Å². The summed E-state index contributed by atoms with van der Waals surface area (Å²) in [5.74, 6) is 2.16. The first-order valence-electron chi connectivity index (χ1n) is 10.1. The number of aromatic nitrogens is 2. The maximum absolute atomic E-state index is 13.0. The Morgan fingerprint density at radius 3 is 2.84 bits per heavy atom. The van der Waals surface area contributed by atoms with E-state index in [1.807, 2.05) is 18.2 Å². The third-order valence-electron chi connectivity index (χ3n) is 5.36. The van der Waals surface area contributed by atoms with E-state index >= 15 is 0 Å². The van der Waals surface area contributed by atoms with Gasteiger partial charge in [0.25, 0.3) is 5.91 Å². The number of fused-ring (bicyclic) bond motifs is 1. The normalized spacial score (nSPS) is 17.6. The molecule has 1 saturated heterocycles. The lowest BCUT2D eigenvalue weighted by atomic mass is 9.98. The predicted molar refractivity (Wildman–Crippen MR) is 106 cm³/mol. The van der Waals surface area contributed by atoms with Crippen molar-refractivity contribution in [2.45, 2.75) is 18.8 Å². The van der Waals surface area contributed by atoms with Crippen LogP contribution in [-0.2, 0) is 4.79 Å². The molecular formula is C22H20FN3O5. The van der Waals surface area contributed by atoms with E-state index in [0.29, 0.717) is 42.1 Å². The van der Waals surface area contributed by atoms with Crippen LogP contribution in [0.15, 0.2) is 46.9 Å². The van der Waals surface area contributed by atoms with Gasteiger partial charge in [0, 0.05) is 18.7 Å². The van der Waals surface area contributed by atoms with Gasteiger partial charge in [0.05, 0.1) is 5.92 Å². The predicted octanol–water partition coefficient (Wildman–Crippen LogP) is 3.39. The third kappa shape index (κ3) is 4.16. The molecule has 1 unspecified atom stereocenters. The van der Waals surface area contributed by atoms with Gasteiger partial charge in [0.1, 0.15) is 11.6 Å². The van der Waals surface area contributed by atoms with Crippen LogP contribution in [0.2, 0.25) is 0 Å². The van der Waals surface area contributed by atoms with Crippen molar-refractivity contribution in [2.75, 3.05) is 26.5 Å². The Hall–Kier alpha value is -3.62. The van der Waals surface area contributed by atoms with Gasteiger partial charge in [-0.3, -0.25) is 4.79 Å². The molecule has 1 aromatic heterocycles. The lowest BCUT2D eigenvalue weighted by Crippen LogP contribution is -2.41. The number of halogens is 1. The van der Waals surface area contributed by atoms with Crippen molar-refractivity contribution < 1.29 is 27.8 Å². The molecule has 160 valence electrons. The van der Waals surface area contributed by atoms with Crippen LogP contribution in [0.25, 0.3) is 11.5 Å². The molecule has 2 aromatic carbocycles. The van der Waals surface area contributed by atoms with Gasteiger partial charge in [0.15, 0.2) is 18.1 Å².